The summed E-state index contributed by atoms with van der Waals surface area (Å²) >= 11 is 0. The number of guanidine groups is 1. The highest BCUT2D eigenvalue weighted by molar-refractivity contribution is 14.0. The van der Waals surface area contributed by atoms with Crippen LogP contribution in [0.4, 0.5) is 0 Å². The van der Waals surface area contributed by atoms with Gasteiger partial charge >= 0.3 is 0 Å². The van der Waals surface area contributed by atoms with Crippen molar-refractivity contribution < 1.29 is 0 Å². The monoisotopic (exact) mass is 368 g/mol. The maximum absolute atomic E-state index is 4.49. The molecule has 0 aromatic heterocycles. The third-order valence-electron chi connectivity index (χ3n) is 3.32. The number of nitrogens with zero attached hydrogens (tertiary/aromatic N) is 3. The molecule has 18 heavy (non-hydrogen) atoms. The summed E-state index contributed by atoms with van der Waals surface area (Å²) < 4.78 is 0. The van der Waals surface area contributed by atoms with E-state index < -0.39 is 0 Å². The van der Waals surface area contributed by atoms with Crippen molar-refractivity contribution in [2.45, 2.75) is 45.7 Å². The molecular weight excluding hydrogens is 339 g/mol. The highest BCUT2D eigenvalue weighted by Gasteiger charge is 2.21. The second-order valence-electron chi connectivity index (χ2n) is 5.24. The highest BCUT2D eigenvalue weighted by atomic mass is 127. The van der Waals surface area contributed by atoms with Crippen molar-refractivity contribution in [3.63, 3.8) is 0 Å². The number of likely N-dealkylation sites (tertiary alicyclic amines) is 1. The van der Waals surface area contributed by atoms with Gasteiger partial charge in [-0.25, -0.2) is 0 Å². The summed E-state index contributed by atoms with van der Waals surface area (Å²) in [5, 5.41) is 3.57. The molecule has 1 N–H and O–H groups in total. The number of hydrogen-bond acceptors (Lipinski definition) is 2. The molecule has 4 nitrogen and oxygen atoms in total. The lowest BCUT2D eigenvalue weighted by Crippen LogP contribution is -2.49. The average Bonchev–Trinajstić information content (AvgIpc) is 2.29. The number of halogens is 1. The van der Waals surface area contributed by atoms with Crippen LogP contribution in [0.25, 0.3) is 0 Å². The van der Waals surface area contributed by atoms with Crippen molar-refractivity contribution in [3.05, 3.63) is 0 Å². The van der Waals surface area contributed by atoms with Gasteiger partial charge in [0.1, 0.15) is 0 Å². The molecule has 0 aromatic carbocycles. The molecule has 1 rings (SSSR count). The van der Waals surface area contributed by atoms with E-state index in [0.29, 0.717) is 12.1 Å². The quantitative estimate of drug-likeness (QED) is 0.470. The Kier molecular flexibility index (Phi) is 8.94. The molecule has 1 aliphatic rings. The van der Waals surface area contributed by atoms with E-state index in [1.54, 1.807) is 0 Å². The van der Waals surface area contributed by atoms with Gasteiger partial charge in [0.2, 0.25) is 0 Å². The number of aliphatic imine (C=N–C) groups is 1. The molecule has 108 valence electrons. The van der Waals surface area contributed by atoms with Crippen LogP contribution in [0.1, 0.15) is 33.6 Å². The summed E-state index contributed by atoms with van der Waals surface area (Å²) in [4.78, 5) is 9.10. The van der Waals surface area contributed by atoms with Gasteiger partial charge in [0.15, 0.2) is 5.96 Å². The fourth-order valence-corrected chi connectivity index (χ4v) is 2.21. The van der Waals surface area contributed by atoms with Crippen molar-refractivity contribution in [2.75, 3.05) is 33.7 Å². The van der Waals surface area contributed by atoms with Crippen molar-refractivity contribution in [1.29, 1.82) is 0 Å². The van der Waals surface area contributed by atoms with Crippen molar-refractivity contribution in [1.82, 2.24) is 15.1 Å². The largest absolute Gasteiger partial charge is 0.353 e. The third kappa shape index (κ3) is 5.73. The van der Waals surface area contributed by atoms with Gasteiger partial charge in [0.25, 0.3) is 0 Å². The minimum atomic E-state index is 0. The molecule has 0 atom stereocenters. The number of piperidine rings is 1. The van der Waals surface area contributed by atoms with E-state index in [2.05, 4.69) is 40.9 Å². The summed E-state index contributed by atoms with van der Waals surface area (Å²) in [6, 6.07) is 1.26. The first-order valence-electron chi connectivity index (χ1n) is 6.77. The number of rotatable bonds is 3. The lowest BCUT2D eigenvalue weighted by molar-refractivity contribution is 0.166. The summed E-state index contributed by atoms with van der Waals surface area (Å²) in [7, 11) is 4.09. The molecule has 1 saturated heterocycles. The van der Waals surface area contributed by atoms with E-state index in [9.17, 15) is 0 Å². The molecule has 0 saturated carbocycles. The van der Waals surface area contributed by atoms with Gasteiger partial charge in [-0.3, -0.25) is 4.99 Å². The van der Waals surface area contributed by atoms with Crippen molar-refractivity contribution in [3.8, 4) is 0 Å². The predicted octanol–water partition coefficient (Wildman–Crippen LogP) is 2.00. The second kappa shape index (κ2) is 8.96. The van der Waals surface area contributed by atoms with E-state index in [4.69, 9.17) is 0 Å². The van der Waals surface area contributed by atoms with E-state index in [0.717, 1.165) is 12.5 Å². The van der Waals surface area contributed by atoms with Gasteiger partial charge in [0.05, 0.1) is 0 Å². The highest BCUT2D eigenvalue weighted by Crippen LogP contribution is 2.13. The Morgan fingerprint density at radius 1 is 1.33 bits per heavy atom. The van der Waals surface area contributed by atoms with Crippen LogP contribution in [-0.2, 0) is 0 Å². The predicted molar refractivity (Wildman–Crippen MR) is 89.9 cm³/mol. The molecule has 0 spiro atoms. The first kappa shape index (κ1) is 18.0. The fraction of sp³-hybridized carbons (Fsp3) is 0.923. The lowest BCUT2D eigenvalue weighted by atomic mass is 10.0. The van der Waals surface area contributed by atoms with Crippen LogP contribution >= 0.6 is 24.0 Å². The van der Waals surface area contributed by atoms with Crippen molar-refractivity contribution >= 4 is 29.9 Å². The van der Waals surface area contributed by atoms with Crippen LogP contribution in [0.2, 0.25) is 0 Å². The fourth-order valence-electron chi connectivity index (χ4n) is 2.21. The lowest BCUT2D eigenvalue weighted by Gasteiger charge is -2.36. The Morgan fingerprint density at radius 3 is 2.28 bits per heavy atom. The maximum Gasteiger partial charge on any atom is 0.193 e. The van der Waals surface area contributed by atoms with Gasteiger partial charge < -0.3 is 15.1 Å². The molecule has 5 heteroatoms. The Hall–Kier alpha value is -0.0400. The van der Waals surface area contributed by atoms with Crippen LogP contribution < -0.4 is 5.32 Å². The Labute approximate surface area is 129 Å². The van der Waals surface area contributed by atoms with E-state index in [1.807, 2.05) is 14.1 Å². The maximum atomic E-state index is 4.49. The molecule has 0 bridgehead atoms. The molecule has 0 aromatic rings. The molecule has 0 radical (unpaired) electrons. The molecule has 0 aliphatic carbocycles. The van der Waals surface area contributed by atoms with Crippen LogP contribution in [0.15, 0.2) is 4.99 Å². The van der Waals surface area contributed by atoms with Gasteiger partial charge in [-0.1, -0.05) is 0 Å². The SMILES string of the molecule is CCN=C(NC1CCN(C(C)C)CC1)N(C)C.I. The zero-order valence-electron chi connectivity index (χ0n) is 12.4. The van der Waals surface area contributed by atoms with Gasteiger partial charge in [0, 0.05) is 45.8 Å². The smallest absolute Gasteiger partial charge is 0.193 e. The van der Waals surface area contributed by atoms with Crippen LogP contribution in [-0.4, -0.2) is 61.6 Å². The number of hydrogen-bond donors (Lipinski definition) is 1. The van der Waals surface area contributed by atoms with Gasteiger partial charge in [-0.05, 0) is 33.6 Å². The Balaban J connectivity index is 0.00000289. The van der Waals surface area contributed by atoms with E-state index in [-0.39, 0.29) is 24.0 Å². The van der Waals surface area contributed by atoms with Crippen LogP contribution in [0.3, 0.4) is 0 Å². The zero-order valence-corrected chi connectivity index (χ0v) is 14.8. The third-order valence-corrected chi connectivity index (χ3v) is 3.32. The van der Waals surface area contributed by atoms with Gasteiger partial charge in [-0.15, -0.1) is 24.0 Å². The second-order valence-corrected chi connectivity index (χ2v) is 5.24. The summed E-state index contributed by atoms with van der Waals surface area (Å²) in [6.07, 6.45) is 2.43. The Bertz CT molecular complexity index is 245. The topological polar surface area (TPSA) is 30.9 Å². The summed E-state index contributed by atoms with van der Waals surface area (Å²) in [5.74, 6) is 1.02. The standard InChI is InChI=1S/C13H28N4.HI/c1-6-14-13(16(4)5)15-12-7-9-17(10-8-12)11(2)3;/h11-12H,6-10H2,1-5H3,(H,14,15);1H. The first-order chi connectivity index (χ1) is 8.04. The molecule has 1 fully saturated rings. The first-order valence-corrected chi connectivity index (χ1v) is 6.77. The molecule has 0 unspecified atom stereocenters. The molecule has 1 aliphatic heterocycles. The Morgan fingerprint density at radius 2 is 1.89 bits per heavy atom. The molecular formula is C13H29IN4. The van der Waals surface area contributed by atoms with E-state index >= 15 is 0 Å². The number of nitrogens with one attached hydrogen (secondary N) is 1. The minimum Gasteiger partial charge on any atom is -0.353 e. The normalized spacial score (nSPS) is 18.7. The van der Waals surface area contributed by atoms with Crippen LogP contribution in [0.5, 0.6) is 0 Å². The minimum absolute atomic E-state index is 0. The van der Waals surface area contributed by atoms with E-state index in [1.165, 1.54) is 25.9 Å². The average molecular weight is 368 g/mol. The molecule has 0 amide bonds. The van der Waals surface area contributed by atoms with Gasteiger partial charge in [-0.2, -0.15) is 0 Å². The summed E-state index contributed by atoms with van der Waals surface area (Å²) in [5.41, 5.74) is 0. The van der Waals surface area contributed by atoms with Crippen molar-refractivity contribution in [2.24, 2.45) is 4.99 Å². The molecule has 1 heterocycles. The van der Waals surface area contributed by atoms with Crippen LogP contribution in [0, 0.1) is 0 Å². The summed E-state index contributed by atoms with van der Waals surface area (Å²) in [6.45, 7) is 9.86. The zero-order chi connectivity index (χ0) is 12.8.